The molecule has 1 heterocycles. The van der Waals surface area contributed by atoms with Gasteiger partial charge >= 0.3 is 18.3 Å². The first-order chi connectivity index (χ1) is 10.8. The number of halogens is 3. The predicted molar refractivity (Wildman–Crippen MR) is 75.3 cm³/mol. The lowest BCUT2D eigenvalue weighted by Gasteiger charge is -2.36. The molecule has 1 aromatic carbocycles. The number of carbonyl (C=O) groups excluding carboxylic acids is 2. The Bertz CT molecular complexity index is 604. The summed E-state index contributed by atoms with van der Waals surface area (Å²) in [4.78, 5) is 24.5. The zero-order chi connectivity index (χ0) is 17.2. The van der Waals surface area contributed by atoms with Crippen molar-refractivity contribution in [1.82, 2.24) is 9.80 Å². The molecule has 0 fully saturated rings. The Morgan fingerprint density at radius 3 is 2.43 bits per heavy atom. The summed E-state index contributed by atoms with van der Waals surface area (Å²) < 4.78 is 44.0. The molecule has 0 bridgehead atoms. The smallest absolute Gasteiger partial charge is 0.467 e. The van der Waals surface area contributed by atoms with E-state index in [2.05, 4.69) is 4.74 Å². The van der Waals surface area contributed by atoms with Gasteiger partial charge in [0, 0.05) is 13.1 Å². The minimum atomic E-state index is -4.97. The number of esters is 1. The van der Waals surface area contributed by atoms with Gasteiger partial charge in [-0.3, -0.25) is 0 Å². The number of alkyl halides is 3. The number of benzene rings is 1. The van der Waals surface area contributed by atoms with E-state index in [1.165, 1.54) is 0 Å². The number of hydrogen-bond donors (Lipinski definition) is 0. The lowest BCUT2D eigenvalue weighted by Crippen LogP contribution is -2.57. The van der Waals surface area contributed by atoms with E-state index >= 15 is 0 Å². The van der Waals surface area contributed by atoms with Gasteiger partial charge in [-0.1, -0.05) is 24.3 Å². The Morgan fingerprint density at radius 2 is 1.87 bits per heavy atom. The molecule has 2 rings (SSSR count). The Labute approximate surface area is 131 Å². The fraction of sp³-hybridized carbons (Fsp3) is 0.467. The van der Waals surface area contributed by atoms with Gasteiger partial charge < -0.3 is 9.64 Å². The number of carbonyl (C=O) groups is 2. The number of nitrogens with zero attached hydrogens (tertiary/aromatic N) is 2. The fourth-order valence-corrected chi connectivity index (χ4v) is 2.58. The van der Waals surface area contributed by atoms with E-state index in [-0.39, 0.29) is 18.0 Å². The second-order valence-electron chi connectivity index (χ2n) is 5.26. The van der Waals surface area contributed by atoms with Crippen LogP contribution in [0.1, 0.15) is 18.1 Å². The zero-order valence-electron chi connectivity index (χ0n) is 12.8. The molecule has 8 heteroatoms. The molecule has 0 aliphatic carbocycles. The number of methoxy groups -OCH3 is 1. The monoisotopic (exact) mass is 330 g/mol. The number of rotatable bonds is 2. The third kappa shape index (κ3) is 3.57. The van der Waals surface area contributed by atoms with Gasteiger partial charge in [0.2, 0.25) is 0 Å². The summed E-state index contributed by atoms with van der Waals surface area (Å²) >= 11 is 0. The van der Waals surface area contributed by atoms with Gasteiger partial charge in [-0.25, -0.2) is 14.5 Å². The molecule has 1 aromatic rings. The minimum absolute atomic E-state index is 0.0788. The first kappa shape index (κ1) is 17.1. The van der Waals surface area contributed by atoms with Gasteiger partial charge in [0.1, 0.15) is 6.04 Å². The molecular weight excluding hydrogens is 313 g/mol. The molecule has 126 valence electrons. The molecule has 1 aliphatic heterocycles. The summed E-state index contributed by atoms with van der Waals surface area (Å²) in [5.74, 6) is -1.12. The number of amides is 2. The van der Waals surface area contributed by atoms with Crippen LogP contribution in [-0.2, 0) is 22.5 Å². The number of fused-ring (bicyclic) bond motifs is 1. The zero-order valence-corrected chi connectivity index (χ0v) is 12.8. The molecule has 1 aliphatic rings. The molecule has 5 nitrogen and oxygen atoms in total. The molecule has 1 atom stereocenters. The van der Waals surface area contributed by atoms with Crippen molar-refractivity contribution in [3.63, 3.8) is 0 Å². The quantitative estimate of drug-likeness (QED) is 0.618. The standard InChI is InChI=1S/C15H17F3N2O3/c1-10(13(21)23-2)20(15(16,17)18)14(22)19-8-7-11-5-3-4-6-12(11)9-19/h3-6,10H,7-9H2,1-2H3/t10-/m0/s1. The van der Waals surface area contributed by atoms with E-state index in [0.29, 0.717) is 6.42 Å². The Morgan fingerprint density at radius 1 is 1.26 bits per heavy atom. The van der Waals surface area contributed by atoms with Gasteiger partial charge in [0.25, 0.3) is 0 Å². The number of urea groups is 1. The molecule has 23 heavy (non-hydrogen) atoms. The van der Waals surface area contributed by atoms with Crippen molar-refractivity contribution in [3.05, 3.63) is 35.4 Å². The normalized spacial score (nSPS) is 15.6. The molecule has 0 N–H and O–H groups in total. The van der Waals surface area contributed by atoms with Crippen LogP contribution < -0.4 is 0 Å². The number of hydrogen-bond acceptors (Lipinski definition) is 3. The third-order valence-electron chi connectivity index (χ3n) is 3.81. The van der Waals surface area contributed by atoms with E-state index < -0.39 is 24.3 Å². The lowest BCUT2D eigenvalue weighted by molar-refractivity contribution is -0.239. The van der Waals surface area contributed by atoms with Crippen LogP contribution >= 0.6 is 0 Å². The average molecular weight is 330 g/mol. The van der Waals surface area contributed by atoms with Crippen molar-refractivity contribution in [2.45, 2.75) is 32.2 Å². The van der Waals surface area contributed by atoms with Gasteiger partial charge in [0.05, 0.1) is 7.11 Å². The highest BCUT2D eigenvalue weighted by atomic mass is 19.4. The van der Waals surface area contributed by atoms with E-state index in [1.54, 1.807) is 12.1 Å². The molecule has 0 aromatic heterocycles. The van der Waals surface area contributed by atoms with Crippen LogP contribution in [0.3, 0.4) is 0 Å². The van der Waals surface area contributed by atoms with Gasteiger partial charge in [0.15, 0.2) is 0 Å². The van der Waals surface area contributed by atoms with Crippen molar-refractivity contribution in [1.29, 1.82) is 0 Å². The van der Waals surface area contributed by atoms with Gasteiger partial charge in [-0.15, -0.1) is 13.2 Å². The summed E-state index contributed by atoms with van der Waals surface area (Å²) in [5.41, 5.74) is 1.82. The minimum Gasteiger partial charge on any atom is -0.467 e. The van der Waals surface area contributed by atoms with Crippen LogP contribution in [0.15, 0.2) is 24.3 Å². The van der Waals surface area contributed by atoms with Crippen molar-refractivity contribution in [2.75, 3.05) is 13.7 Å². The first-order valence-electron chi connectivity index (χ1n) is 7.05. The molecule has 0 radical (unpaired) electrons. The van der Waals surface area contributed by atoms with Gasteiger partial charge in [-0.05, 0) is 24.5 Å². The SMILES string of the molecule is COC(=O)[C@H](C)N(C(=O)N1CCc2ccccc2C1)C(F)(F)F. The van der Waals surface area contributed by atoms with E-state index in [4.69, 9.17) is 0 Å². The maximum absolute atomic E-state index is 13.2. The highest BCUT2D eigenvalue weighted by molar-refractivity contribution is 5.83. The molecular formula is C15H17F3N2O3. The van der Waals surface area contributed by atoms with Crippen LogP contribution in [0.4, 0.5) is 18.0 Å². The highest BCUT2D eigenvalue weighted by Crippen LogP contribution is 2.28. The largest absolute Gasteiger partial charge is 0.489 e. The van der Waals surface area contributed by atoms with Crippen molar-refractivity contribution >= 4 is 12.0 Å². The predicted octanol–water partition coefficient (Wildman–Crippen LogP) is 2.55. The fourth-order valence-electron chi connectivity index (χ4n) is 2.58. The summed E-state index contributed by atoms with van der Waals surface area (Å²) in [6, 6.07) is 4.28. The molecule has 0 saturated heterocycles. The first-order valence-corrected chi connectivity index (χ1v) is 7.05. The van der Waals surface area contributed by atoms with Crippen LogP contribution in [0.25, 0.3) is 0 Å². The second kappa shape index (κ2) is 6.47. The third-order valence-corrected chi connectivity index (χ3v) is 3.81. The van der Waals surface area contributed by atoms with Crippen molar-refractivity contribution < 1.29 is 27.5 Å². The maximum atomic E-state index is 13.2. The molecule has 0 unspecified atom stereocenters. The Balaban J connectivity index is 2.24. The summed E-state index contributed by atoms with van der Waals surface area (Å²) in [7, 11) is 0.981. The van der Waals surface area contributed by atoms with E-state index in [0.717, 1.165) is 30.1 Å². The molecule has 0 spiro atoms. The van der Waals surface area contributed by atoms with Crippen LogP contribution in [0, 0.1) is 0 Å². The molecule has 2 amide bonds. The molecule has 0 saturated carbocycles. The summed E-state index contributed by atoms with van der Waals surface area (Å²) in [5, 5.41) is 0. The van der Waals surface area contributed by atoms with Crippen LogP contribution in [-0.4, -0.2) is 47.8 Å². The van der Waals surface area contributed by atoms with Gasteiger partial charge in [-0.2, -0.15) is 0 Å². The van der Waals surface area contributed by atoms with Crippen LogP contribution in [0.5, 0.6) is 0 Å². The summed E-state index contributed by atoms with van der Waals surface area (Å²) in [6.07, 6.45) is -4.50. The number of ether oxygens (including phenoxy) is 1. The van der Waals surface area contributed by atoms with Crippen molar-refractivity contribution in [3.8, 4) is 0 Å². The lowest BCUT2D eigenvalue weighted by atomic mass is 10.0. The van der Waals surface area contributed by atoms with E-state index in [1.807, 2.05) is 12.1 Å². The summed E-state index contributed by atoms with van der Waals surface area (Å²) in [6.45, 7) is 1.24. The maximum Gasteiger partial charge on any atom is 0.489 e. The topological polar surface area (TPSA) is 49.9 Å². The Hall–Kier alpha value is -2.25. The average Bonchev–Trinajstić information content (AvgIpc) is 2.52. The Kier molecular flexibility index (Phi) is 4.82. The van der Waals surface area contributed by atoms with Crippen molar-refractivity contribution in [2.24, 2.45) is 0 Å². The second-order valence-corrected chi connectivity index (χ2v) is 5.26. The van der Waals surface area contributed by atoms with E-state index in [9.17, 15) is 22.8 Å². The highest BCUT2D eigenvalue weighted by Gasteiger charge is 2.48. The van der Waals surface area contributed by atoms with Crippen LogP contribution in [0.2, 0.25) is 0 Å².